The van der Waals surface area contributed by atoms with Gasteiger partial charge in [-0.05, 0) is 77.6 Å². The normalized spacial score (nSPS) is 21.0. The van der Waals surface area contributed by atoms with Gasteiger partial charge in [0, 0.05) is 17.0 Å². The van der Waals surface area contributed by atoms with Crippen LogP contribution in [-0.4, -0.2) is 29.7 Å². The van der Waals surface area contributed by atoms with Crippen LogP contribution in [0.2, 0.25) is 5.02 Å². The molecule has 1 saturated heterocycles. The van der Waals surface area contributed by atoms with E-state index >= 15 is 0 Å². The number of piperidine rings is 1. The minimum Gasteiger partial charge on any atom is -0.448 e. The molecule has 3 aromatic rings. The second-order valence-electron chi connectivity index (χ2n) is 9.67. The Hall–Kier alpha value is -3.04. The largest absolute Gasteiger partial charge is 0.448 e. The van der Waals surface area contributed by atoms with Crippen LogP contribution >= 0.6 is 11.6 Å². The summed E-state index contributed by atoms with van der Waals surface area (Å²) in [5, 5.41) is 0.794. The SMILES string of the molecule is Cc1c(Cl)cccc1C1=CC2CCCC(C1)N2C(=O)OCC1c2ccccc2-c2ccccc21. The lowest BCUT2D eigenvalue weighted by atomic mass is 9.82. The minimum atomic E-state index is -0.185. The van der Waals surface area contributed by atoms with Gasteiger partial charge in [-0.3, -0.25) is 4.90 Å². The summed E-state index contributed by atoms with van der Waals surface area (Å²) in [7, 11) is 0. The van der Waals surface area contributed by atoms with Crippen LogP contribution in [0.15, 0.2) is 72.8 Å². The number of benzene rings is 3. The third-order valence-electron chi connectivity index (χ3n) is 7.80. The van der Waals surface area contributed by atoms with Crippen LogP contribution in [0, 0.1) is 6.92 Å². The third kappa shape index (κ3) is 3.54. The molecule has 34 heavy (non-hydrogen) atoms. The molecule has 2 heterocycles. The lowest BCUT2D eigenvalue weighted by molar-refractivity contribution is 0.0539. The highest BCUT2D eigenvalue weighted by molar-refractivity contribution is 6.31. The Bertz CT molecular complexity index is 1250. The predicted molar refractivity (Wildman–Crippen MR) is 137 cm³/mol. The monoisotopic (exact) mass is 469 g/mol. The van der Waals surface area contributed by atoms with Gasteiger partial charge in [-0.25, -0.2) is 4.79 Å². The van der Waals surface area contributed by atoms with Crippen molar-refractivity contribution in [2.75, 3.05) is 6.61 Å². The van der Waals surface area contributed by atoms with Crippen molar-refractivity contribution in [1.29, 1.82) is 0 Å². The summed E-state index contributed by atoms with van der Waals surface area (Å²) < 4.78 is 6.04. The predicted octanol–water partition coefficient (Wildman–Crippen LogP) is 7.61. The standard InChI is InChI=1S/C30H28ClNO2/c1-19-23(14-7-15-29(19)31)20-16-21-8-6-9-22(17-20)32(21)30(33)34-18-28-26-12-4-2-10-24(26)25-11-3-5-13-27(25)28/h2-5,7,10-16,21-22,28H,6,8-9,17-18H2,1H3. The third-order valence-corrected chi connectivity index (χ3v) is 8.21. The topological polar surface area (TPSA) is 29.5 Å². The molecular formula is C30H28ClNO2. The van der Waals surface area contributed by atoms with Gasteiger partial charge in [-0.15, -0.1) is 0 Å². The maximum absolute atomic E-state index is 13.4. The molecule has 2 aliphatic heterocycles. The van der Waals surface area contributed by atoms with Crippen molar-refractivity contribution in [3.05, 3.63) is 100 Å². The van der Waals surface area contributed by atoms with Crippen LogP contribution in [0.4, 0.5) is 4.79 Å². The quantitative estimate of drug-likeness (QED) is 0.395. The maximum Gasteiger partial charge on any atom is 0.410 e. The van der Waals surface area contributed by atoms with Gasteiger partial charge in [0.2, 0.25) is 0 Å². The van der Waals surface area contributed by atoms with Crippen molar-refractivity contribution in [1.82, 2.24) is 4.90 Å². The van der Waals surface area contributed by atoms with Crippen molar-refractivity contribution in [3.8, 4) is 11.1 Å². The summed E-state index contributed by atoms with van der Waals surface area (Å²) in [5.74, 6) is 0.0844. The number of rotatable bonds is 3. The summed E-state index contributed by atoms with van der Waals surface area (Å²) in [5.41, 5.74) is 8.61. The van der Waals surface area contributed by atoms with E-state index in [9.17, 15) is 4.79 Å². The zero-order valence-electron chi connectivity index (χ0n) is 19.3. The van der Waals surface area contributed by atoms with Crippen molar-refractivity contribution in [2.45, 2.75) is 50.6 Å². The van der Waals surface area contributed by atoms with Crippen molar-refractivity contribution >= 4 is 23.3 Å². The highest BCUT2D eigenvalue weighted by Crippen LogP contribution is 2.45. The molecule has 0 radical (unpaired) electrons. The molecule has 1 fully saturated rings. The molecule has 1 amide bonds. The van der Waals surface area contributed by atoms with E-state index in [2.05, 4.69) is 67.6 Å². The maximum atomic E-state index is 13.4. The molecule has 2 atom stereocenters. The first-order valence-electron chi connectivity index (χ1n) is 12.2. The molecule has 3 aliphatic rings. The Labute approximate surface area is 206 Å². The first-order valence-corrected chi connectivity index (χ1v) is 12.6. The number of halogens is 1. The summed E-state index contributed by atoms with van der Waals surface area (Å²) in [6.45, 7) is 2.44. The number of carbonyl (C=O) groups excluding carboxylic acids is 1. The molecule has 3 nitrogen and oxygen atoms in total. The molecular weight excluding hydrogens is 442 g/mol. The van der Waals surface area contributed by atoms with Gasteiger partial charge in [-0.2, -0.15) is 0 Å². The molecule has 0 spiro atoms. The molecule has 6 rings (SSSR count). The average Bonchev–Trinajstić information content (AvgIpc) is 3.17. The van der Waals surface area contributed by atoms with E-state index in [4.69, 9.17) is 16.3 Å². The van der Waals surface area contributed by atoms with E-state index in [-0.39, 0.29) is 24.1 Å². The molecule has 1 aliphatic carbocycles. The van der Waals surface area contributed by atoms with Crippen LogP contribution in [0.3, 0.4) is 0 Å². The molecule has 172 valence electrons. The summed E-state index contributed by atoms with van der Waals surface area (Å²) in [6, 6.07) is 23.3. The van der Waals surface area contributed by atoms with Crippen LogP contribution < -0.4 is 0 Å². The van der Waals surface area contributed by atoms with Gasteiger partial charge in [0.05, 0.1) is 6.04 Å². The highest BCUT2D eigenvalue weighted by atomic mass is 35.5. The molecule has 0 aromatic heterocycles. The second kappa shape index (κ2) is 8.63. The number of hydrogen-bond donors (Lipinski definition) is 0. The Morgan fingerprint density at radius 1 is 0.941 bits per heavy atom. The van der Waals surface area contributed by atoms with E-state index in [1.54, 1.807) is 0 Å². The first-order chi connectivity index (χ1) is 16.6. The molecule has 2 unspecified atom stereocenters. The van der Waals surface area contributed by atoms with Crippen molar-refractivity contribution in [2.24, 2.45) is 0 Å². The smallest absolute Gasteiger partial charge is 0.410 e. The lowest BCUT2D eigenvalue weighted by Gasteiger charge is -2.44. The molecule has 4 heteroatoms. The van der Waals surface area contributed by atoms with Crippen LogP contribution in [0.5, 0.6) is 0 Å². The van der Waals surface area contributed by atoms with Crippen LogP contribution in [0.1, 0.15) is 53.9 Å². The lowest BCUT2D eigenvalue weighted by Crippen LogP contribution is -2.51. The fourth-order valence-corrected chi connectivity index (χ4v) is 6.31. The number of amides is 1. The van der Waals surface area contributed by atoms with Gasteiger partial charge >= 0.3 is 6.09 Å². The first kappa shape index (κ1) is 21.5. The van der Waals surface area contributed by atoms with Crippen LogP contribution in [0.25, 0.3) is 16.7 Å². The molecule has 0 N–H and O–H groups in total. The van der Waals surface area contributed by atoms with Gasteiger partial charge in [0.25, 0.3) is 0 Å². The fourth-order valence-electron chi connectivity index (χ4n) is 6.14. The van der Waals surface area contributed by atoms with E-state index in [0.717, 1.165) is 36.3 Å². The van der Waals surface area contributed by atoms with Crippen LogP contribution in [-0.2, 0) is 4.74 Å². The van der Waals surface area contributed by atoms with Gasteiger partial charge in [0.1, 0.15) is 6.61 Å². The van der Waals surface area contributed by atoms with Gasteiger partial charge < -0.3 is 4.74 Å². The van der Waals surface area contributed by atoms with E-state index in [1.165, 1.54) is 33.4 Å². The van der Waals surface area contributed by atoms with Gasteiger partial charge in [0.15, 0.2) is 0 Å². The van der Waals surface area contributed by atoms with Crippen molar-refractivity contribution < 1.29 is 9.53 Å². The number of fused-ring (bicyclic) bond motifs is 5. The summed E-state index contributed by atoms with van der Waals surface area (Å²) >= 11 is 6.40. The zero-order valence-corrected chi connectivity index (χ0v) is 20.1. The Kier molecular flexibility index (Phi) is 5.45. The highest BCUT2D eigenvalue weighted by Gasteiger charge is 2.39. The van der Waals surface area contributed by atoms with E-state index in [0.29, 0.717) is 6.61 Å². The zero-order chi connectivity index (χ0) is 23.2. The number of carbonyl (C=O) groups is 1. The fraction of sp³-hybridized carbons (Fsp3) is 0.300. The summed E-state index contributed by atoms with van der Waals surface area (Å²) in [6.07, 6.45) is 6.06. The number of nitrogens with zero attached hydrogens (tertiary/aromatic N) is 1. The van der Waals surface area contributed by atoms with Crippen molar-refractivity contribution in [3.63, 3.8) is 0 Å². The molecule has 2 bridgehead atoms. The molecule has 0 saturated carbocycles. The van der Waals surface area contributed by atoms with Gasteiger partial charge in [-0.1, -0.05) is 78.3 Å². The number of hydrogen-bond acceptors (Lipinski definition) is 2. The second-order valence-corrected chi connectivity index (χ2v) is 10.1. The minimum absolute atomic E-state index is 0.0801. The Balaban J connectivity index is 1.23. The Morgan fingerprint density at radius 3 is 2.32 bits per heavy atom. The Morgan fingerprint density at radius 2 is 1.62 bits per heavy atom. The summed E-state index contributed by atoms with van der Waals surface area (Å²) in [4.78, 5) is 15.4. The molecule has 3 aromatic carbocycles. The average molecular weight is 470 g/mol. The van der Waals surface area contributed by atoms with E-state index < -0.39 is 0 Å². The number of ether oxygens (including phenoxy) is 1. The van der Waals surface area contributed by atoms with E-state index in [1.807, 2.05) is 17.0 Å².